The molecule has 6 heteroatoms. The molecule has 23 heavy (non-hydrogen) atoms. The fourth-order valence-corrected chi connectivity index (χ4v) is 3.36. The molecule has 1 saturated carbocycles. The molecule has 2 atom stereocenters. The number of aliphatic carboxylic acids is 1. The maximum atomic E-state index is 13.9. The van der Waals surface area contributed by atoms with Crippen molar-refractivity contribution >= 4 is 27.8 Å². The second-order valence-electron chi connectivity index (χ2n) is 5.79. The minimum atomic E-state index is -0.853. The van der Waals surface area contributed by atoms with Crippen LogP contribution in [0.4, 0.5) is 4.39 Å². The topological polar surface area (TPSA) is 57.6 Å². The summed E-state index contributed by atoms with van der Waals surface area (Å²) < 4.78 is 14.7. The quantitative estimate of drug-likeness (QED) is 0.763. The number of amides is 1. The number of carboxylic acid groups (broad SMARTS) is 1. The van der Waals surface area contributed by atoms with Gasteiger partial charge < -0.3 is 10.0 Å². The summed E-state index contributed by atoms with van der Waals surface area (Å²) >= 11 is 3.30. The highest BCUT2D eigenvalue weighted by Crippen LogP contribution is 2.33. The van der Waals surface area contributed by atoms with Gasteiger partial charge in [-0.05, 0) is 37.5 Å². The average Bonchev–Trinajstić information content (AvgIpc) is 3.00. The zero-order chi connectivity index (χ0) is 17.0. The third-order valence-corrected chi connectivity index (χ3v) is 4.65. The minimum absolute atomic E-state index is 0.131. The average molecular weight is 384 g/mol. The molecule has 1 amide bonds. The summed E-state index contributed by atoms with van der Waals surface area (Å²) in [6, 6.07) is 4.60. The fraction of sp³-hybridized carbons (Fsp3) is 0.412. The van der Waals surface area contributed by atoms with Crippen molar-refractivity contribution < 1.29 is 19.1 Å². The Bertz CT molecular complexity index is 620. The molecular formula is C17H19BrFNO3. The van der Waals surface area contributed by atoms with Crippen molar-refractivity contribution in [2.75, 3.05) is 6.54 Å². The fourth-order valence-electron chi connectivity index (χ4n) is 2.95. The van der Waals surface area contributed by atoms with Gasteiger partial charge in [-0.3, -0.25) is 9.59 Å². The van der Waals surface area contributed by atoms with E-state index in [4.69, 9.17) is 5.11 Å². The number of halogens is 2. The third-order valence-electron chi connectivity index (χ3n) is 4.16. The summed E-state index contributed by atoms with van der Waals surface area (Å²) in [7, 11) is 0. The SMILES string of the molecule is C=CCN(Cc1cc(Br)ccc1F)C(=O)[C@H]1CC[C@@H](C(=O)O)C1. The van der Waals surface area contributed by atoms with E-state index >= 15 is 0 Å². The summed E-state index contributed by atoms with van der Waals surface area (Å²) in [6.07, 6.45) is 3.02. The van der Waals surface area contributed by atoms with E-state index in [9.17, 15) is 14.0 Å². The molecule has 0 spiro atoms. The molecule has 1 aliphatic rings. The predicted octanol–water partition coefficient (Wildman–Crippen LogP) is 3.60. The molecule has 1 N–H and O–H groups in total. The van der Waals surface area contributed by atoms with Crippen LogP contribution in [0, 0.1) is 17.7 Å². The zero-order valence-corrected chi connectivity index (χ0v) is 14.3. The van der Waals surface area contributed by atoms with Crippen molar-refractivity contribution in [1.82, 2.24) is 4.90 Å². The standard InChI is InChI=1S/C17H19BrFNO3/c1-2-7-20(10-13-9-14(18)5-6-15(13)19)16(21)11-3-4-12(8-11)17(22)23/h2,5-6,9,11-12H,1,3-4,7-8,10H2,(H,22,23)/t11-,12+/m0/s1. The molecule has 1 aliphatic carbocycles. The van der Waals surface area contributed by atoms with E-state index in [2.05, 4.69) is 22.5 Å². The van der Waals surface area contributed by atoms with Gasteiger partial charge in [0.05, 0.1) is 5.92 Å². The smallest absolute Gasteiger partial charge is 0.306 e. The first-order valence-electron chi connectivity index (χ1n) is 7.48. The maximum Gasteiger partial charge on any atom is 0.306 e. The number of hydrogen-bond acceptors (Lipinski definition) is 2. The molecule has 1 aromatic carbocycles. The Morgan fingerprint density at radius 1 is 1.39 bits per heavy atom. The summed E-state index contributed by atoms with van der Waals surface area (Å²) in [6.45, 7) is 4.09. The highest BCUT2D eigenvalue weighted by atomic mass is 79.9. The lowest BCUT2D eigenvalue weighted by molar-refractivity contribution is -0.141. The van der Waals surface area contributed by atoms with Gasteiger partial charge in [0.15, 0.2) is 0 Å². The number of nitrogens with zero attached hydrogens (tertiary/aromatic N) is 1. The number of benzene rings is 1. The van der Waals surface area contributed by atoms with Gasteiger partial charge in [0, 0.05) is 29.0 Å². The van der Waals surface area contributed by atoms with Gasteiger partial charge in [0.1, 0.15) is 5.82 Å². The van der Waals surface area contributed by atoms with Crippen molar-refractivity contribution in [3.8, 4) is 0 Å². The van der Waals surface area contributed by atoms with Crippen molar-refractivity contribution in [2.24, 2.45) is 11.8 Å². The third kappa shape index (κ3) is 4.41. The van der Waals surface area contributed by atoms with Crippen LogP contribution in [0.5, 0.6) is 0 Å². The molecule has 0 unspecified atom stereocenters. The molecule has 0 bridgehead atoms. The van der Waals surface area contributed by atoms with Crippen molar-refractivity contribution in [3.05, 3.63) is 46.7 Å². The second-order valence-corrected chi connectivity index (χ2v) is 6.70. The van der Waals surface area contributed by atoms with E-state index in [0.29, 0.717) is 31.4 Å². The summed E-state index contributed by atoms with van der Waals surface area (Å²) in [5.74, 6) is -2.13. The molecule has 1 aromatic rings. The second kappa shape index (κ2) is 7.73. The van der Waals surface area contributed by atoms with Gasteiger partial charge in [0.25, 0.3) is 0 Å². The molecule has 0 aliphatic heterocycles. The monoisotopic (exact) mass is 383 g/mol. The Hall–Kier alpha value is -1.69. The zero-order valence-electron chi connectivity index (χ0n) is 12.7. The van der Waals surface area contributed by atoms with E-state index < -0.39 is 11.9 Å². The van der Waals surface area contributed by atoms with E-state index in [1.807, 2.05) is 0 Å². The molecule has 1 fully saturated rings. The van der Waals surface area contributed by atoms with E-state index in [0.717, 1.165) is 4.47 Å². The summed E-state index contributed by atoms with van der Waals surface area (Å²) in [5.41, 5.74) is 0.419. The summed E-state index contributed by atoms with van der Waals surface area (Å²) in [5, 5.41) is 9.06. The largest absolute Gasteiger partial charge is 0.481 e. The van der Waals surface area contributed by atoms with Crippen LogP contribution in [0.2, 0.25) is 0 Å². The minimum Gasteiger partial charge on any atom is -0.481 e. The lowest BCUT2D eigenvalue weighted by Crippen LogP contribution is -2.35. The van der Waals surface area contributed by atoms with Crippen LogP contribution in [0.25, 0.3) is 0 Å². The molecule has 0 heterocycles. The van der Waals surface area contributed by atoms with E-state index in [1.165, 1.54) is 11.0 Å². The van der Waals surface area contributed by atoms with Crippen LogP contribution in [0.15, 0.2) is 35.3 Å². The van der Waals surface area contributed by atoms with E-state index in [1.54, 1.807) is 18.2 Å². The number of rotatable bonds is 6. The summed E-state index contributed by atoms with van der Waals surface area (Å²) in [4.78, 5) is 25.2. The lowest BCUT2D eigenvalue weighted by atomic mass is 10.0. The normalized spacial score (nSPS) is 20.3. The number of carboxylic acids is 1. The Kier molecular flexibility index (Phi) is 5.93. The molecule has 0 aromatic heterocycles. The molecule has 2 rings (SSSR count). The van der Waals surface area contributed by atoms with Gasteiger partial charge >= 0.3 is 5.97 Å². The van der Waals surface area contributed by atoms with Crippen LogP contribution >= 0.6 is 15.9 Å². The molecule has 0 saturated heterocycles. The Morgan fingerprint density at radius 2 is 2.09 bits per heavy atom. The Morgan fingerprint density at radius 3 is 2.70 bits per heavy atom. The van der Waals surface area contributed by atoms with E-state index in [-0.39, 0.29) is 24.2 Å². The highest BCUT2D eigenvalue weighted by Gasteiger charge is 2.35. The molecule has 4 nitrogen and oxygen atoms in total. The molecule has 124 valence electrons. The number of hydrogen-bond donors (Lipinski definition) is 1. The van der Waals surface area contributed by atoms with Crippen molar-refractivity contribution in [1.29, 1.82) is 0 Å². The van der Waals surface area contributed by atoms with Crippen LogP contribution in [0.3, 0.4) is 0 Å². The highest BCUT2D eigenvalue weighted by molar-refractivity contribution is 9.10. The lowest BCUT2D eigenvalue weighted by Gasteiger charge is -2.25. The van der Waals surface area contributed by atoms with Crippen LogP contribution in [-0.2, 0) is 16.1 Å². The first kappa shape index (κ1) is 17.7. The van der Waals surface area contributed by atoms with Gasteiger partial charge in [-0.1, -0.05) is 22.0 Å². The number of carbonyl (C=O) groups is 2. The predicted molar refractivity (Wildman–Crippen MR) is 88.2 cm³/mol. The van der Waals surface area contributed by atoms with Gasteiger partial charge in [-0.2, -0.15) is 0 Å². The van der Waals surface area contributed by atoms with Crippen LogP contribution in [-0.4, -0.2) is 28.4 Å². The van der Waals surface area contributed by atoms with Crippen molar-refractivity contribution in [3.63, 3.8) is 0 Å². The molecule has 0 radical (unpaired) electrons. The Labute approximate surface area is 143 Å². The van der Waals surface area contributed by atoms with Gasteiger partial charge in [0.2, 0.25) is 5.91 Å². The van der Waals surface area contributed by atoms with Crippen LogP contribution in [0.1, 0.15) is 24.8 Å². The molecular weight excluding hydrogens is 365 g/mol. The van der Waals surface area contributed by atoms with Crippen LogP contribution < -0.4 is 0 Å². The van der Waals surface area contributed by atoms with Crippen molar-refractivity contribution in [2.45, 2.75) is 25.8 Å². The first-order valence-corrected chi connectivity index (χ1v) is 8.28. The van der Waals surface area contributed by atoms with Gasteiger partial charge in [-0.15, -0.1) is 6.58 Å². The first-order chi connectivity index (χ1) is 10.9. The Balaban J connectivity index is 2.11. The maximum absolute atomic E-state index is 13.9. The van der Waals surface area contributed by atoms with Gasteiger partial charge in [-0.25, -0.2) is 4.39 Å². The number of carbonyl (C=O) groups excluding carboxylic acids is 1.